The van der Waals surface area contributed by atoms with Crippen LogP contribution in [0.3, 0.4) is 0 Å². The Morgan fingerprint density at radius 2 is 1.89 bits per heavy atom. The molecule has 2 atom stereocenters. The lowest BCUT2D eigenvalue weighted by Crippen LogP contribution is -2.47. The lowest BCUT2D eigenvalue weighted by Gasteiger charge is -2.27. The van der Waals surface area contributed by atoms with Crippen molar-refractivity contribution in [3.8, 4) is 0 Å². The number of carbonyl (C=O) groups is 1. The molecule has 0 saturated carbocycles. The Morgan fingerprint density at radius 1 is 1.16 bits per heavy atom. The van der Waals surface area contributed by atoms with Gasteiger partial charge in [0.15, 0.2) is 0 Å². The maximum atomic E-state index is 10.8. The molecule has 0 aromatic heterocycles. The van der Waals surface area contributed by atoms with E-state index in [2.05, 4.69) is 13.8 Å². The van der Waals surface area contributed by atoms with Crippen LogP contribution in [0.5, 0.6) is 0 Å². The lowest BCUT2D eigenvalue weighted by molar-refractivity contribution is -0.264. The first kappa shape index (κ1) is 14.6. The predicted molar refractivity (Wildman–Crippen MR) is 68.4 cm³/mol. The minimum atomic E-state index is -1.27. The molecule has 0 aliphatic carbocycles. The zero-order valence-electron chi connectivity index (χ0n) is 11.8. The van der Waals surface area contributed by atoms with E-state index in [4.69, 9.17) is 14.2 Å². The van der Waals surface area contributed by atoms with Gasteiger partial charge >= 0.3 is 12.1 Å². The third-order valence-electron chi connectivity index (χ3n) is 4.07. The van der Waals surface area contributed by atoms with E-state index in [0.29, 0.717) is 12.3 Å². The Kier molecular flexibility index (Phi) is 4.36. The highest BCUT2D eigenvalue weighted by molar-refractivity contribution is 5.67. The number of unbranched alkanes of at least 4 members (excludes halogenated alkanes) is 2. The maximum absolute atomic E-state index is 10.8. The second-order valence-corrected chi connectivity index (χ2v) is 5.62. The molecule has 2 heterocycles. The van der Waals surface area contributed by atoms with E-state index in [-0.39, 0.29) is 6.61 Å². The minimum Gasteiger partial charge on any atom is -0.393 e. The van der Waals surface area contributed by atoms with Crippen LogP contribution in [0, 0.1) is 5.92 Å². The fourth-order valence-electron chi connectivity index (χ4n) is 2.95. The van der Waals surface area contributed by atoms with Gasteiger partial charge < -0.3 is 14.6 Å². The quantitative estimate of drug-likeness (QED) is 0.397. The number of aliphatic hydroxyl groups excluding tert-OH is 1. The van der Waals surface area contributed by atoms with Gasteiger partial charge in [0, 0.05) is 0 Å². The average molecular weight is 272 g/mol. The number of hydrogen-bond acceptors (Lipinski definition) is 5. The van der Waals surface area contributed by atoms with Crippen LogP contribution in [0.1, 0.15) is 58.8 Å². The van der Waals surface area contributed by atoms with Crippen LogP contribution in [0.15, 0.2) is 0 Å². The van der Waals surface area contributed by atoms with Crippen molar-refractivity contribution in [2.75, 3.05) is 6.61 Å². The van der Waals surface area contributed by atoms with E-state index in [1.165, 1.54) is 19.3 Å². The summed E-state index contributed by atoms with van der Waals surface area (Å²) in [4.78, 5) is 10.8. The molecule has 1 N–H and O–H groups in total. The Morgan fingerprint density at radius 3 is 2.42 bits per heavy atom. The molecule has 2 rings (SSSR count). The molecule has 2 aliphatic rings. The van der Waals surface area contributed by atoms with Crippen LogP contribution < -0.4 is 0 Å². The molecule has 1 spiro atoms. The van der Waals surface area contributed by atoms with Crippen molar-refractivity contribution in [1.82, 2.24) is 0 Å². The van der Waals surface area contributed by atoms with Gasteiger partial charge in [-0.15, -0.1) is 0 Å². The number of aliphatic hydroxyl groups is 1. The predicted octanol–water partition coefficient (Wildman–Crippen LogP) is 2.96. The summed E-state index contributed by atoms with van der Waals surface area (Å²) >= 11 is 0. The molecule has 0 bridgehead atoms. The van der Waals surface area contributed by atoms with E-state index in [9.17, 15) is 9.90 Å². The van der Waals surface area contributed by atoms with Gasteiger partial charge in [0.2, 0.25) is 5.60 Å². The van der Waals surface area contributed by atoms with Crippen LogP contribution in [0.4, 0.5) is 4.79 Å². The van der Waals surface area contributed by atoms with Gasteiger partial charge in [0.1, 0.15) is 0 Å². The SMILES string of the molecule is CCCCCC(CCC)C[C@]1(CO)OC12OC(=O)O2. The zero-order chi connectivity index (χ0) is 13.9. The summed E-state index contributed by atoms with van der Waals surface area (Å²) in [5, 5.41) is 9.54. The van der Waals surface area contributed by atoms with E-state index >= 15 is 0 Å². The monoisotopic (exact) mass is 272 g/mol. The van der Waals surface area contributed by atoms with Gasteiger partial charge in [0.05, 0.1) is 6.61 Å². The highest BCUT2D eigenvalue weighted by Crippen LogP contribution is 2.58. The molecule has 2 saturated heterocycles. The first-order valence-corrected chi connectivity index (χ1v) is 7.34. The fraction of sp³-hybridized carbons (Fsp3) is 0.929. The van der Waals surface area contributed by atoms with Crippen LogP contribution in [0.25, 0.3) is 0 Å². The zero-order valence-corrected chi connectivity index (χ0v) is 11.8. The summed E-state index contributed by atoms with van der Waals surface area (Å²) in [6, 6.07) is 0. The fourth-order valence-corrected chi connectivity index (χ4v) is 2.95. The number of rotatable bonds is 9. The van der Waals surface area contributed by atoms with Crippen LogP contribution >= 0.6 is 0 Å². The molecule has 110 valence electrons. The summed E-state index contributed by atoms with van der Waals surface area (Å²) in [6.45, 7) is 4.17. The highest BCUT2D eigenvalue weighted by atomic mass is 17.1. The third-order valence-corrected chi connectivity index (χ3v) is 4.07. The number of carbonyl (C=O) groups excluding carboxylic acids is 1. The standard InChI is InChI=1S/C14H24O5/c1-3-5-6-8-11(7-4-2)9-13(10-15)14(19-13)17-12(16)18-14/h11,15H,3-10H2,1-2H3/t11?,13-/m1/s1. The minimum absolute atomic E-state index is 0.172. The van der Waals surface area contributed by atoms with E-state index in [0.717, 1.165) is 19.3 Å². The van der Waals surface area contributed by atoms with Crippen molar-refractivity contribution < 1.29 is 24.1 Å². The van der Waals surface area contributed by atoms with E-state index in [1.54, 1.807) is 0 Å². The van der Waals surface area contributed by atoms with Crippen molar-refractivity contribution in [2.24, 2.45) is 5.92 Å². The van der Waals surface area contributed by atoms with Crippen LogP contribution in [0.2, 0.25) is 0 Å². The average Bonchev–Trinajstić information content (AvgIpc) is 2.98. The number of hydrogen-bond donors (Lipinski definition) is 1. The van der Waals surface area contributed by atoms with Crippen molar-refractivity contribution in [1.29, 1.82) is 0 Å². The summed E-state index contributed by atoms with van der Waals surface area (Å²) in [5.74, 6) is -0.791. The summed E-state index contributed by atoms with van der Waals surface area (Å²) in [6.07, 6.45) is 6.91. The summed E-state index contributed by atoms with van der Waals surface area (Å²) in [7, 11) is 0. The van der Waals surface area contributed by atoms with Gasteiger partial charge in [-0.3, -0.25) is 4.74 Å². The molecule has 5 nitrogen and oxygen atoms in total. The first-order valence-electron chi connectivity index (χ1n) is 7.34. The highest BCUT2D eigenvalue weighted by Gasteiger charge is 2.83. The lowest BCUT2D eigenvalue weighted by atomic mass is 9.86. The van der Waals surface area contributed by atoms with Crippen LogP contribution in [-0.2, 0) is 14.2 Å². The molecule has 2 aliphatic heterocycles. The van der Waals surface area contributed by atoms with Gasteiger partial charge in [0.25, 0.3) is 0 Å². The Balaban J connectivity index is 1.87. The molecular formula is C14H24O5. The van der Waals surface area contributed by atoms with Gasteiger partial charge in [-0.05, 0) is 12.3 Å². The van der Waals surface area contributed by atoms with Crippen LogP contribution in [-0.4, -0.2) is 29.4 Å². The Bertz CT molecular complexity index is 322. The molecule has 0 aromatic rings. The summed E-state index contributed by atoms with van der Waals surface area (Å²) in [5.41, 5.74) is -0.826. The normalized spacial score (nSPS) is 28.5. The molecule has 1 unspecified atom stereocenters. The van der Waals surface area contributed by atoms with E-state index < -0.39 is 17.7 Å². The van der Waals surface area contributed by atoms with Crippen molar-refractivity contribution in [3.63, 3.8) is 0 Å². The van der Waals surface area contributed by atoms with Crippen molar-refractivity contribution in [3.05, 3.63) is 0 Å². The van der Waals surface area contributed by atoms with Crippen molar-refractivity contribution in [2.45, 2.75) is 70.4 Å². The molecule has 0 radical (unpaired) electrons. The molecule has 0 aromatic carbocycles. The van der Waals surface area contributed by atoms with Gasteiger partial charge in [-0.2, -0.15) is 0 Å². The topological polar surface area (TPSA) is 68.3 Å². The second kappa shape index (κ2) is 5.67. The number of ether oxygens (including phenoxy) is 3. The molecule has 0 amide bonds. The smallest absolute Gasteiger partial charge is 0.393 e. The van der Waals surface area contributed by atoms with Gasteiger partial charge in [-0.25, -0.2) is 4.79 Å². The first-order chi connectivity index (χ1) is 9.11. The largest absolute Gasteiger partial charge is 0.518 e. The van der Waals surface area contributed by atoms with Crippen molar-refractivity contribution >= 4 is 6.16 Å². The van der Waals surface area contributed by atoms with Gasteiger partial charge in [-0.1, -0.05) is 52.4 Å². The summed E-state index contributed by atoms with van der Waals surface area (Å²) < 4.78 is 15.2. The maximum Gasteiger partial charge on any atom is 0.518 e. The Hall–Kier alpha value is -0.810. The Labute approximate surface area is 114 Å². The molecule has 2 fully saturated rings. The third kappa shape index (κ3) is 2.72. The molecular weight excluding hydrogens is 248 g/mol. The molecule has 5 heteroatoms. The number of epoxide rings is 1. The second-order valence-electron chi connectivity index (χ2n) is 5.62. The molecule has 19 heavy (non-hydrogen) atoms. The van der Waals surface area contributed by atoms with E-state index in [1.807, 2.05) is 0 Å².